The van der Waals surface area contributed by atoms with E-state index in [9.17, 15) is 10.1 Å². The molecule has 0 amide bonds. The molecule has 6 rings (SSSR count). The van der Waals surface area contributed by atoms with E-state index in [4.69, 9.17) is 16.3 Å². The second-order valence-electron chi connectivity index (χ2n) is 9.54. The highest BCUT2D eigenvalue weighted by atomic mass is 35.5. The molecule has 5 nitrogen and oxygen atoms in total. The maximum atomic E-state index is 11.4. The number of rotatable bonds is 5. The smallest absolute Gasteiger partial charge is 0.269 e. The Morgan fingerprint density at radius 2 is 1.82 bits per heavy atom. The van der Waals surface area contributed by atoms with E-state index < -0.39 is 0 Å². The molecule has 6 heteroatoms. The summed E-state index contributed by atoms with van der Waals surface area (Å²) in [6.07, 6.45) is 3.72. The van der Waals surface area contributed by atoms with E-state index in [-0.39, 0.29) is 16.7 Å². The number of fused-ring (bicyclic) bond motifs is 7. The molecule has 0 aromatic heterocycles. The van der Waals surface area contributed by atoms with Crippen molar-refractivity contribution in [3.8, 4) is 5.75 Å². The van der Waals surface area contributed by atoms with Gasteiger partial charge < -0.3 is 10.1 Å². The van der Waals surface area contributed by atoms with E-state index in [2.05, 4.69) is 17.4 Å². The molecule has 3 aromatic carbocycles. The van der Waals surface area contributed by atoms with Crippen molar-refractivity contribution in [2.45, 2.75) is 37.8 Å². The summed E-state index contributed by atoms with van der Waals surface area (Å²) in [6.45, 7) is 0.432. The van der Waals surface area contributed by atoms with Gasteiger partial charge in [0.15, 0.2) is 0 Å². The number of nitro benzene ring substituents is 1. The van der Waals surface area contributed by atoms with Crippen LogP contribution in [0.5, 0.6) is 5.75 Å². The SMILES string of the molecule is O=[N+]([O-])c1ccc2c(c1)[C@@H]1[C@H]3CC[C@@H](C3)[C@@H]1[C@H](c1ccc(OCc3ccccc3Cl)cc1)N2. The van der Waals surface area contributed by atoms with Crippen LogP contribution < -0.4 is 10.1 Å². The number of benzene rings is 3. The second-order valence-corrected chi connectivity index (χ2v) is 9.94. The summed E-state index contributed by atoms with van der Waals surface area (Å²) in [5.41, 5.74) is 4.57. The normalized spacial score (nSPS) is 26.9. The number of non-ortho nitro benzene ring substituents is 1. The summed E-state index contributed by atoms with van der Waals surface area (Å²) < 4.78 is 5.97. The van der Waals surface area contributed by atoms with Gasteiger partial charge in [0.2, 0.25) is 0 Å². The third-order valence-corrected chi connectivity index (χ3v) is 8.24. The van der Waals surface area contributed by atoms with Gasteiger partial charge in [-0.15, -0.1) is 0 Å². The molecule has 0 spiro atoms. The fraction of sp³-hybridized carbons (Fsp3) is 0.333. The molecule has 2 bridgehead atoms. The van der Waals surface area contributed by atoms with Gasteiger partial charge in [-0.1, -0.05) is 41.9 Å². The molecule has 2 fully saturated rings. The van der Waals surface area contributed by atoms with Crippen LogP contribution in [-0.4, -0.2) is 4.92 Å². The quantitative estimate of drug-likeness (QED) is 0.325. The van der Waals surface area contributed by atoms with Crippen molar-refractivity contribution in [1.29, 1.82) is 0 Å². The fourth-order valence-electron chi connectivity index (χ4n) is 6.46. The van der Waals surface area contributed by atoms with Crippen LogP contribution in [0, 0.1) is 27.9 Å². The minimum atomic E-state index is -0.282. The number of hydrogen-bond donors (Lipinski definition) is 1. The molecule has 1 aliphatic heterocycles. The molecular formula is C27H25ClN2O3. The van der Waals surface area contributed by atoms with E-state index >= 15 is 0 Å². The van der Waals surface area contributed by atoms with Gasteiger partial charge in [-0.3, -0.25) is 10.1 Å². The third kappa shape index (κ3) is 3.55. The molecule has 1 heterocycles. The zero-order chi connectivity index (χ0) is 22.5. The van der Waals surface area contributed by atoms with Crippen LogP contribution >= 0.6 is 11.6 Å². The first-order valence-corrected chi connectivity index (χ1v) is 12.0. The van der Waals surface area contributed by atoms with Gasteiger partial charge in [0.1, 0.15) is 12.4 Å². The van der Waals surface area contributed by atoms with Crippen LogP contribution in [-0.2, 0) is 6.61 Å². The summed E-state index contributed by atoms with van der Waals surface area (Å²) in [4.78, 5) is 11.1. The number of ether oxygens (including phenoxy) is 1. The summed E-state index contributed by atoms with van der Waals surface area (Å²) in [5, 5.41) is 15.8. The van der Waals surface area contributed by atoms with E-state index in [0.717, 1.165) is 22.6 Å². The van der Waals surface area contributed by atoms with Crippen molar-refractivity contribution in [3.63, 3.8) is 0 Å². The van der Waals surface area contributed by atoms with Gasteiger partial charge in [0.25, 0.3) is 5.69 Å². The highest BCUT2D eigenvalue weighted by Crippen LogP contribution is 2.63. The highest BCUT2D eigenvalue weighted by molar-refractivity contribution is 6.31. The van der Waals surface area contributed by atoms with E-state index in [1.165, 1.54) is 24.8 Å². The molecule has 2 saturated carbocycles. The molecule has 3 aliphatic rings. The molecule has 2 aliphatic carbocycles. The lowest BCUT2D eigenvalue weighted by Crippen LogP contribution is -2.35. The zero-order valence-electron chi connectivity index (χ0n) is 18.1. The van der Waals surface area contributed by atoms with E-state index in [1.54, 1.807) is 6.07 Å². The van der Waals surface area contributed by atoms with Crippen LogP contribution in [0.2, 0.25) is 5.02 Å². The largest absolute Gasteiger partial charge is 0.489 e. The van der Waals surface area contributed by atoms with Crippen LogP contribution in [0.15, 0.2) is 66.7 Å². The van der Waals surface area contributed by atoms with E-state index in [1.807, 2.05) is 48.5 Å². The standard InChI is InChI=1S/C27H25ClN2O3/c28-23-4-2-1-3-19(23)15-33-21-10-7-16(8-11-21)27-26-18-6-5-17(13-18)25(26)22-14-20(30(31)32)9-12-24(22)29-27/h1-4,7-12,14,17-18,25-27,29H,5-6,13,15H2/t17-,18-,25-,26-,27-/m0/s1. The van der Waals surface area contributed by atoms with Crippen molar-refractivity contribution in [2.75, 3.05) is 5.32 Å². The predicted octanol–water partition coefficient (Wildman–Crippen LogP) is 7.12. The lowest BCUT2D eigenvalue weighted by Gasteiger charge is -2.43. The molecule has 5 atom stereocenters. The number of hydrogen-bond acceptors (Lipinski definition) is 4. The summed E-state index contributed by atoms with van der Waals surface area (Å²) >= 11 is 6.24. The van der Waals surface area contributed by atoms with Gasteiger partial charge in [0.05, 0.1) is 11.0 Å². The first kappa shape index (κ1) is 20.5. The van der Waals surface area contributed by atoms with Crippen molar-refractivity contribution in [1.82, 2.24) is 0 Å². The Hall–Kier alpha value is -3.05. The highest BCUT2D eigenvalue weighted by Gasteiger charge is 2.54. The second kappa shape index (κ2) is 8.07. The maximum absolute atomic E-state index is 11.4. The van der Waals surface area contributed by atoms with Crippen LogP contribution in [0.25, 0.3) is 0 Å². The zero-order valence-corrected chi connectivity index (χ0v) is 18.9. The Morgan fingerprint density at radius 3 is 2.61 bits per heavy atom. The first-order chi connectivity index (χ1) is 16.1. The minimum Gasteiger partial charge on any atom is -0.489 e. The molecule has 0 unspecified atom stereocenters. The summed E-state index contributed by atoms with van der Waals surface area (Å²) in [6, 6.07) is 21.6. The Morgan fingerprint density at radius 1 is 1.03 bits per heavy atom. The Kier molecular flexibility index (Phi) is 5.02. The number of anilines is 1. The van der Waals surface area contributed by atoms with Crippen molar-refractivity contribution >= 4 is 23.0 Å². The fourth-order valence-corrected chi connectivity index (χ4v) is 6.66. The molecular weight excluding hydrogens is 436 g/mol. The van der Waals surface area contributed by atoms with Crippen molar-refractivity contribution < 1.29 is 9.66 Å². The summed E-state index contributed by atoms with van der Waals surface area (Å²) in [5.74, 6) is 2.97. The third-order valence-electron chi connectivity index (χ3n) is 7.87. The van der Waals surface area contributed by atoms with Crippen molar-refractivity contribution in [3.05, 3.63) is 98.6 Å². The van der Waals surface area contributed by atoms with Crippen LogP contribution in [0.3, 0.4) is 0 Å². The van der Waals surface area contributed by atoms with Gasteiger partial charge >= 0.3 is 0 Å². The first-order valence-electron chi connectivity index (χ1n) is 11.6. The summed E-state index contributed by atoms with van der Waals surface area (Å²) in [7, 11) is 0. The number of nitrogens with zero attached hydrogens (tertiary/aromatic N) is 1. The van der Waals surface area contributed by atoms with Crippen LogP contribution in [0.4, 0.5) is 11.4 Å². The van der Waals surface area contributed by atoms with Gasteiger partial charge in [-0.05, 0) is 78.3 Å². The maximum Gasteiger partial charge on any atom is 0.269 e. The molecule has 1 N–H and O–H groups in total. The van der Waals surface area contributed by atoms with Gasteiger partial charge in [-0.25, -0.2) is 0 Å². The molecule has 33 heavy (non-hydrogen) atoms. The monoisotopic (exact) mass is 460 g/mol. The lowest BCUT2D eigenvalue weighted by atomic mass is 9.68. The Balaban J connectivity index is 1.27. The van der Waals surface area contributed by atoms with Gasteiger partial charge in [-0.2, -0.15) is 0 Å². The Labute approximate surface area is 197 Å². The number of nitrogens with one attached hydrogen (secondary N) is 1. The number of nitro groups is 1. The van der Waals surface area contributed by atoms with Gasteiger partial charge in [0, 0.05) is 28.4 Å². The molecule has 3 aromatic rings. The lowest BCUT2D eigenvalue weighted by molar-refractivity contribution is -0.384. The number of halogens is 1. The molecule has 0 saturated heterocycles. The average molecular weight is 461 g/mol. The van der Waals surface area contributed by atoms with E-state index in [0.29, 0.717) is 35.3 Å². The topological polar surface area (TPSA) is 64.4 Å². The Bertz CT molecular complexity index is 1210. The average Bonchev–Trinajstić information content (AvgIpc) is 3.46. The minimum absolute atomic E-state index is 0.190. The van der Waals surface area contributed by atoms with Crippen LogP contribution in [0.1, 0.15) is 47.9 Å². The predicted molar refractivity (Wildman–Crippen MR) is 129 cm³/mol. The van der Waals surface area contributed by atoms with Crippen molar-refractivity contribution in [2.24, 2.45) is 17.8 Å². The molecule has 168 valence electrons. The molecule has 0 radical (unpaired) electrons.